The first-order valence-electron chi connectivity index (χ1n) is 11.4. The van der Waals surface area contributed by atoms with E-state index in [0.717, 1.165) is 36.1 Å². The topological polar surface area (TPSA) is 91.4 Å². The molecule has 2 unspecified atom stereocenters. The number of unbranched alkanes of at least 4 members (excludes halogenated alkanes) is 1. The van der Waals surface area contributed by atoms with E-state index in [9.17, 15) is 14.4 Å². The molecule has 9 nitrogen and oxygen atoms in total. The van der Waals surface area contributed by atoms with Crippen molar-refractivity contribution in [2.75, 3.05) is 18.6 Å². The van der Waals surface area contributed by atoms with Gasteiger partial charge in [0.25, 0.3) is 5.56 Å². The summed E-state index contributed by atoms with van der Waals surface area (Å²) in [5, 5.41) is 0. The normalized spacial score (nSPS) is 16.6. The van der Waals surface area contributed by atoms with Crippen molar-refractivity contribution in [1.82, 2.24) is 18.7 Å². The summed E-state index contributed by atoms with van der Waals surface area (Å²) in [6.07, 6.45) is 3.35. The van der Waals surface area contributed by atoms with Crippen LogP contribution in [0.15, 0.2) is 33.9 Å². The van der Waals surface area contributed by atoms with Gasteiger partial charge in [-0.3, -0.25) is 9.36 Å². The van der Waals surface area contributed by atoms with Crippen LogP contribution in [0, 0.1) is 5.92 Å². The number of anilines is 2. The zero-order valence-electron chi connectivity index (χ0n) is 19.9. The molecule has 0 spiro atoms. The zero-order chi connectivity index (χ0) is 23.9. The summed E-state index contributed by atoms with van der Waals surface area (Å²) in [4.78, 5) is 45.4. The summed E-state index contributed by atoms with van der Waals surface area (Å²) < 4.78 is 8.93. The molecule has 0 radical (unpaired) electrons. The number of hydrogen-bond acceptors (Lipinski definition) is 6. The second-order valence-electron chi connectivity index (χ2n) is 8.90. The van der Waals surface area contributed by atoms with E-state index in [4.69, 9.17) is 9.72 Å². The van der Waals surface area contributed by atoms with Crippen LogP contribution >= 0.6 is 0 Å². The van der Waals surface area contributed by atoms with E-state index in [-0.39, 0.29) is 5.92 Å². The van der Waals surface area contributed by atoms with Crippen molar-refractivity contribution in [3.05, 3.63) is 50.7 Å². The van der Waals surface area contributed by atoms with Crippen molar-refractivity contribution in [2.24, 2.45) is 13.0 Å². The molecule has 3 aromatic rings. The minimum absolute atomic E-state index is 0.248. The number of imidazole rings is 1. The predicted octanol–water partition coefficient (Wildman–Crippen LogP) is 2.76. The highest BCUT2D eigenvalue weighted by molar-refractivity contribution is 5.78. The van der Waals surface area contributed by atoms with Gasteiger partial charge in [0.15, 0.2) is 11.2 Å². The van der Waals surface area contributed by atoms with Crippen LogP contribution in [-0.4, -0.2) is 38.3 Å². The smallest absolute Gasteiger partial charge is 0.333 e. The molecular weight excluding hydrogens is 422 g/mol. The average Bonchev–Trinajstić information content (AvgIpc) is 3.20. The van der Waals surface area contributed by atoms with Crippen molar-refractivity contribution in [3.8, 4) is 0 Å². The number of fused-ring (bicyclic) bond motifs is 3. The lowest BCUT2D eigenvalue weighted by Crippen LogP contribution is -2.44. The second-order valence-corrected chi connectivity index (χ2v) is 8.90. The van der Waals surface area contributed by atoms with Crippen molar-refractivity contribution in [2.45, 2.75) is 52.6 Å². The number of nitrogens with zero attached hydrogens (tertiary/aromatic N) is 5. The first-order valence-corrected chi connectivity index (χ1v) is 11.4. The number of carbonyl (C=O) groups is 1. The van der Waals surface area contributed by atoms with Gasteiger partial charge in [0.2, 0.25) is 5.95 Å². The first kappa shape index (κ1) is 22.8. The van der Waals surface area contributed by atoms with Crippen LogP contribution < -0.4 is 16.1 Å². The Morgan fingerprint density at radius 1 is 1.21 bits per heavy atom. The molecule has 0 amide bonds. The van der Waals surface area contributed by atoms with E-state index in [1.165, 1.54) is 24.2 Å². The number of hydrogen-bond donors (Lipinski definition) is 0. The first-order chi connectivity index (χ1) is 15.8. The molecule has 3 heterocycles. The number of carbonyl (C=O) groups excluding carboxylic acids is 1. The molecule has 0 aliphatic carbocycles. The van der Waals surface area contributed by atoms with Crippen molar-refractivity contribution >= 4 is 28.8 Å². The van der Waals surface area contributed by atoms with E-state index in [0.29, 0.717) is 23.7 Å². The standard InChI is InChI=1S/C24H31N5O4/c1-6-7-8-17-9-11-18(12-10-17)27-13-15(2)14-28-19-20(25-23(27)28)26(4)24(32)29(21(19)30)16(3)22(31)33-5/h9-12,15-16H,6-8,13-14H2,1-5H3. The summed E-state index contributed by atoms with van der Waals surface area (Å²) in [5.74, 6) is 0.225. The highest BCUT2D eigenvalue weighted by atomic mass is 16.5. The molecule has 0 N–H and O–H groups in total. The maximum atomic E-state index is 13.5. The van der Waals surface area contributed by atoms with Crippen molar-refractivity contribution in [3.63, 3.8) is 0 Å². The molecule has 33 heavy (non-hydrogen) atoms. The third-order valence-corrected chi connectivity index (χ3v) is 6.39. The Morgan fingerprint density at radius 3 is 2.55 bits per heavy atom. The molecule has 176 valence electrons. The van der Waals surface area contributed by atoms with Gasteiger partial charge in [0.1, 0.15) is 6.04 Å². The Kier molecular flexibility index (Phi) is 6.14. The lowest BCUT2D eigenvalue weighted by Gasteiger charge is -2.33. The average molecular weight is 454 g/mol. The Labute approximate surface area is 192 Å². The SMILES string of the molecule is CCCCc1ccc(N2CC(C)Cn3c2nc2c3c(=O)n(C(C)C(=O)OC)c(=O)n2C)cc1. The van der Waals surface area contributed by atoms with Crippen LogP contribution in [-0.2, 0) is 29.5 Å². The molecular formula is C24H31N5O4. The van der Waals surface area contributed by atoms with Gasteiger partial charge < -0.3 is 14.2 Å². The minimum Gasteiger partial charge on any atom is -0.467 e. The number of aryl methyl sites for hydroxylation is 2. The van der Waals surface area contributed by atoms with Gasteiger partial charge in [-0.25, -0.2) is 14.2 Å². The molecule has 0 saturated carbocycles. The maximum absolute atomic E-state index is 13.5. The Hall–Kier alpha value is -3.36. The van der Waals surface area contributed by atoms with Gasteiger partial charge in [-0.1, -0.05) is 32.4 Å². The number of ether oxygens (including phenoxy) is 1. The quantitative estimate of drug-likeness (QED) is 0.533. The highest BCUT2D eigenvalue weighted by Gasteiger charge is 2.31. The highest BCUT2D eigenvalue weighted by Crippen LogP contribution is 2.33. The number of methoxy groups -OCH3 is 1. The molecule has 0 bridgehead atoms. The van der Waals surface area contributed by atoms with E-state index in [1.54, 1.807) is 7.05 Å². The van der Waals surface area contributed by atoms with E-state index >= 15 is 0 Å². The lowest BCUT2D eigenvalue weighted by molar-refractivity contribution is -0.144. The van der Waals surface area contributed by atoms with Gasteiger partial charge in [-0.05, 0) is 43.4 Å². The molecule has 1 aliphatic rings. The third-order valence-electron chi connectivity index (χ3n) is 6.39. The maximum Gasteiger partial charge on any atom is 0.333 e. The van der Waals surface area contributed by atoms with Crippen molar-refractivity contribution in [1.29, 1.82) is 0 Å². The van der Waals surface area contributed by atoms with Gasteiger partial charge in [0, 0.05) is 25.8 Å². The van der Waals surface area contributed by atoms with Gasteiger partial charge in [-0.2, -0.15) is 4.98 Å². The molecule has 1 aromatic carbocycles. The number of aromatic nitrogens is 4. The fourth-order valence-electron chi connectivity index (χ4n) is 4.53. The molecule has 9 heteroatoms. The van der Waals surface area contributed by atoms with E-state index in [1.807, 2.05) is 4.57 Å². The van der Waals surface area contributed by atoms with Crippen LogP contribution in [0.25, 0.3) is 11.2 Å². The Balaban J connectivity index is 1.88. The van der Waals surface area contributed by atoms with Crippen LogP contribution in [0.2, 0.25) is 0 Å². The second kappa shape index (κ2) is 8.88. The summed E-state index contributed by atoms with van der Waals surface area (Å²) in [5.41, 5.74) is 1.79. The number of rotatable bonds is 6. The molecule has 1 aliphatic heterocycles. The van der Waals surface area contributed by atoms with Crippen LogP contribution in [0.5, 0.6) is 0 Å². The molecule has 0 saturated heterocycles. The minimum atomic E-state index is -1.04. The van der Waals surface area contributed by atoms with Gasteiger partial charge in [0.05, 0.1) is 7.11 Å². The molecule has 2 aromatic heterocycles. The molecule has 0 fully saturated rings. The number of benzene rings is 1. The fraction of sp³-hybridized carbons (Fsp3) is 0.500. The van der Waals surface area contributed by atoms with E-state index in [2.05, 4.69) is 43.0 Å². The summed E-state index contributed by atoms with van der Waals surface area (Å²) in [6.45, 7) is 7.13. The lowest BCUT2D eigenvalue weighted by atomic mass is 10.1. The van der Waals surface area contributed by atoms with E-state index < -0.39 is 23.3 Å². The van der Waals surface area contributed by atoms with Gasteiger partial charge >= 0.3 is 11.7 Å². The molecule has 2 atom stereocenters. The largest absolute Gasteiger partial charge is 0.467 e. The summed E-state index contributed by atoms with van der Waals surface area (Å²) in [6, 6.07) is 7.41. The van der Waals surface area contributed by atoms with Gasteiger partial charge in [-0.15, -0.1) is 0 Å². The monoisotopic (exact) mass is 453 g/mol. The van der Waals surface area contributed by atoms with Crippen molar-refractivity contribution < 1.29 is 9.53 Å². The van der Waals surface area contributed by atoms with Crippen LogP contribution in [0.4, 0.5) is 11.6 Å². The number of esters is 1. The Bertz CT molecular complexity index is 1300. The van der Waals surface area contributed by atoms with Crippen LogP contribution in [0.3, 0.4) is 0 Å². The van der Waals surface area contributed by atoms with Crippen LogP contribution in [0.1, 0.15) is 45.2 Å². The molecule has 4 rings (SSSR count). The Morgan fingerprint density at radius 2 is 1.91 bits per heavy atom. The summed E-state index contributed by atoms with van der Waals surface area (Å²) in [7, 11) is 2.81. The summed E-state index contributed by atoms with van der Waals surface area (Å²) >= 11 is 0. The fourth-order valence-corrected chi connectivity index (χ4v) is 4.53. The predicted molar refractivity (Wildman–Crippen MR) is 127 cm³/mol. The zero-order valence-corrected chi connectivity index (χ0v) is 19.9. The third kappa shape index (κ3) is 3.85.